The second-order valence-corrected chi connectivity index (χ2v) is 6.23. The quantitative estimate of drug-likeness (QED) is 0.781. The molecule has 0 aliphatic carbocycles. The molecule has 6 nitrogen and oxygen atoms in total. The van der Waals surface area contributed by atoms with Gasteiger partial charge in [0.05, 0.1) is 5.75 Å². The second-order valence-electron chi connectivity index (χ2n) is 4.82. The Morgan fingerprint density at radius 1 is 1.30 bits per heavy atom. The average molecular weight is 301 g/mol. The van der Waals surface area contributed by atoms with E-state index in [1.54, 1.807) is 18.2 Å². The molecule has 0 radical (unpaired) electrons. The number of fused-ring (bicyclic) bond motifs is 1. The van der Waals surface area contributed by atoms with E-state index in [1.807, 2.05) is 0 Å². The summed E-state index contributed by atoms with van der Waals surface area (Å²) < 4.78 is 44.4. The summed E-state index contributed by atoms with van der Waals surface area (Å²) in [7, 11) is -4.57. The van der Waals surface area contributed by atoms with Crippen LogP contribution in [-0.2, 0) is 15.0 Å². The first-order valence-electron chi connectivity index (χ1n) is 6.05. The first-order valence-corrected chi connectivity index (χ1v) is 7.60. The second kappa shape index (κ2) is 4.62. The van der Waals surface area contributed by atoms with Gasteiger partial charge in [0, 0.05) is 30.6 Å². The van der Waals surface area contributed by atoms with Crippen LogP contribution in [0.1, 0.15) is 6.42 Å². The zero-order chi connectivity index (χ0) is 14.3. The highest BCUT2D eigenvalue weighted by Gasteiger charge is 2.34. The summed E-state index contributed by atoms with van der Waals surface area (Å²) in [6.07, 6.45) is 0.0254. The van der Waals surface area contributed by atoms with E-state index in [1.165, 1.54) is 4.90 Å². The summed E-state index contributed by atoms with van der Waals surface area (Å²) in [5.41, 5.74) is 0.595. The van der Waals surface area contributed by atoms with Crippen LogP contribution in [0.5, 0.6) is 11.5 Å². The van der Waals surface area contributed by atoms with E-state index < -0.39 is 21.9 Å². The third kappa shape index (κ3) is 2.55. The lowest BCUT2D eigenvalue weighted by Crippen LogP contribution is -2.25. The van der Waals surface area contributed by atoms with Crippen LogP contribution in [0.15, 0.2) is 18.2 Å². The van der Waals surface area contributed by atoms with Gasteiger partial charge in [-0.2, -0.15) is 8.42 Å². The number of halogens is 1. The molecule has 0 N–H and O–H groups in total. The third-order valence-electron chi connectivity index (χ3n) is 3.31. The Labute approximate surface area is 115 Å². The van der Waals surface area contributed by atoms with Crippen molar-refractivity contribution in [3.8, 4) is 11.5 Å². The van der Waals surface area contributed by atoms with Crippen molar-refractivity contribution in [3.05, 3.63) is 18.2 Å². The Kier molecular flexibility index (Phi) is 3.04. The molecule has 0 aromatic heterocycles. The van der Waals surface area contributed by atoms with E-state index in [2.05, 4.69) is 0 Å². The predicted octanol–water partition coefficient (Wildman–Crippen LogP) is 1.07. The van der Waals surface area contributed by atoms with E-state index >= 15 is 0 Å². The smallest absolute Gasteiger partial charge is 0.302 e. The first kappa shape index (κ1) is 13.2. The maximum absolute atomic E-state index is 12.7. The van der Waals surface area contributed by atoms with Crippen molar-refractivity contribution in [2.45, 2.75) is 6.42 Å². The van der Waals surface area contributed by atoms with Crippen molar-refractivity contribution >= 4 is 21.8 Å². The molecule has 108 valence electrons. The molecule has 8 heteroatoms. The molecular weight excluding hydrogens is 289 g/mol. The maximum Gasteiger partial charge on any atom is 0.302 e. The summed E-state index contributed by atoms with van der Waals surface area (Å²) in [6.45, 7) is 0.317. The Hall–Kier alpha value is -1.83. The van der Waals surface area contributed by atoms with E-state index in [9.17, 15) is 17.1 Å². The third-order valence-corrected chi connectivity index (χ3v) is 4.18. The molecular formula is C12H12FNO5S. The van der Waals surface area contributed by atoms with Gasteiger partial charge in [-0.15, -0.1) is 3.89 Å². The number of carbonyl (C=O) groups excluding carboxylic acids is 1. The Morgan fingerprint density at radius 2 is 2.05 bits per heavy atom. The first-order chi connectivity index (χ1) is 9.42. The standard InChI is InChI=1S/C12H12FNO5S/c13-20(16,17)6-8-3-12(15)14(5-8)9-1-2-10-11(4-9)19-7-18-10/h1-2,4,8H,3,5-7H2. The normalized spacial score (nSPS) is 21.6. The van der Waals surface area contributed by atoms with Crippen molar-refractivity contribution < 1.29 is 26.6 Å². The minimum absolute atomic E-state index is 0.0254. The summed E-state index contributed by atoms with van der Waals surface area (Å²) in [5, 5.41) is 0. The summed E-state index contributed by atoms with van der Waals surface area (Å²) >= 11 is 0. The van der Waals surface area contributed by atoms with Crippen LogP contribution in [0.25, 0.3) is 0 Å². The molecule has 1 atom stereocenters. The number of carbonyl (C=O) groups is 1. The number of amides is 1. The van der Waals surface area contributed by atoms with E-state index in [4.69, 9.17) is 9.47 Å². The van der Waals surface area contributed by atoms with Crippen molar-refractivity contribution in [1.82, 2.24) is 0 Å². The molecule has 1 aromatic carbocycles. The highest BCUT2D eigenvalue weighted by Crippen LogP contribution is 2.37. The maximum atomic E-state index is 12.7. The molecule has 1 aromatic rings. The van der Waals surface area contributed by atoms with Gasteiger partial charge in [0.15, 0.2) is 11.5 Å². The molecule has 0 spiro atoms. The van der Waals surface area contributed by atoms with Gasteiger partial charge < -0.3 is 14.4 Å². The van der Waals surface area contributed by atoms with E-state index in [0.29, 0.717) is 17.2 Å². The molecule has 20 heavy (non-hydrogen) atoms. The number of rotatable bonds is 3. The lowest BCUT2D eigenvalue weighted by molar-refractivity contribution is -0.117. The minimum atomic E-state index is -4.57. The van der Waals surface area contributed by atoms with Crippen molar-refractivity contribution in [1.29, 1.82) is 0 Å². The summed E-state index contributed by atoms with van der Waals surface area (Å²) in [6, 6.07) is 5.04. The molecule has 1 saturated heterocycles. The number of nitrogens with zero attached hydrogens (tertiary/aromatic N) is 1. The zero-order valence-electron chi connectivity index (χ0n) is 10.4. The monoisotopic (exact) mass is 301 g/mol. The zero-order valence-corrected chi connectivity index (χ0v) is 11.2. The molecule has 0 bridgehead atoms. The Bertz CT molecular complexity index is 660. The van der Waals surface area contributed by atoms with Gasteiger partial charge in [0.2, 0.25) is 12.7 Å². The van der Waals surface area contributed by atoms with Gasteiger partial charge >= 0.3 is 10.2 Å². The van der Waals surface area contributed by atoms with E-state index in [0.717, 1.165) is 0 Å². The molecule has 1 unspecified atom stereocenters. The fourth-order valence-corrected chi connectivity index (χ4v) is 3.26. The van der Waals surface area contributed by atoms with Gasteiger partial charge in [-0.05, 0) is 12.1 Å². The molecule has 3 rings (SSSR count). The molecule has 2 heterocycles. The Balaban J connectivity index is 1.79. The lowest BCUT2D eigenvalue weighted by atomic mass is 10.1. The SMILES string of the molecule is O=C1CC(CS(=O)(=O)F)CN1c1ccc2c(c1)OCO2. The number of hydrogen-bond acceptors (Lipinski definition) is 5. The van der Waals surface area contributed by atoms with Crippen LogP contribution in [0.4, 0.5) is 9.57 Å². The van der Waals surface area contributed by atoms with Crippen molar-refractivity contribution in [3.63, 3.8) is 0 Å². The fraction of sp³-hybridized carbons (Fsp3) is 0.417. The minimum Gasteiger partial charge on any atom is -0.454 e. The molecule has 0 saturated carbocycles. The van der Waals surface area contributed by atoms with Crippen LogP contribution in [0, 0.1) is 5.92 Å². The Morgan fingerprint density at radius 3 is 2.80 bits per heavy atom. The van der Waals surface area contributed by atoms with Crippen LogP contribution < -0.4 is 14.4 Å². The van der Waals surface area contributed by atoms with Crippen LogP contribution in [-0.4, -0.2) is 33.4 Å². The van der Waals surface area contributed by atoms with Gasteiger partial charge in [0.25, 0.3) is 0 Å². The summed E-state index contributed by atoms with van der Waals surface area (Å²) in [4.78, 5) is 13.4. The fourth-order valence-electron chi connectivity index (χ4n) is 2.48. The molecule has 1 amide bonds. The highest BCUT2D eigenvalue weighted by atomic mass is 32.3. The lowest BCUT2D eigenvalue weighted by Gasteiger charge is -2.16. The molecule has 2 aliphatic rings. The number of benzene rings is 1. The van der Waals surface area contributed by atoms with Gasteiger partial charge in [0.1, 0.15) is 0 Å². The largest absolute Gasteiger partial charge is 0.454 e. The highest BCUT2D eigenvalue weighted by molar-refractivity contribution is 7.86. The molecule has 1 fully saturated rings. The number of hydrogen-bond donors (Lipinski definition) is 0. The predicted molar refractivity (Wildman–Crippen MR) is 67.9 cm³/mol. The topological polar surface area (TPSA) is 72.9 Å². The number of ether oxygens (including phenoxy) is 2. The van der Waals surface area contributed by atoms with Gasteiger partial charge in [-0.1, -0.05) is 0 Å². The van der Waals surface area contributed by atoms with Gasteiger partial charge in [-0.3, -0.25) is 4.79 Å². The van der Waals surface area contributed by atoms with Crippen molar-refractivity contribution in [2.75, 3.05) is 24.0 Å². The van der Waals surface area contributed by atoms with Crippen LogP contribution >= 0.6 is 0 Å². The van der Waals surface area contributed by atoms with Crippen LogP contribution in [0.2, 0.25) is 0 Å². The van der Waals surface area contributed by atoms with Gasteiger partial charge in [-0.25, -0.2) is 0 Å². The van der Waals surface area contributed by atoms with Crippen molar-refractivity contribution in [2.24, 2.45) is 5.92 Å². The van der Waals surface area contributed by atoms with Crippen LogP contribution in [0.3, 0.4) is 0 Å². The summed E-state index contributed by atoms with van der Waals surface area (Å²) in [5.74, 6) is -0.236. The average Bonchev–Trinajstić information content (AvgIpc) is 2.92. The van der Waals surface area contributed by atoms with E-state index in [-0.39, 0.29) is 25.7 Å². The molecule has 2 aliphatic heterocycles. The number of anilines is 1.